The summed E-state index contributed by atoms with van der Waals surface area (Å²) in [5.41, 5.74) is 0.258. The van der Waals surface area contributed by atoms with Gasteiger partial charge in [-0.3, -0.25) is 4.79 Å². The second-order valence-corrected chi connectivity index (χ2v) is 12.6. The SMILES string of the molecule is CC(/C=C/[C@H]1OC(C)(C)C[C@@]2(CO2)[C@@H]1O)=C\C[C@@H]1O[C@H](C)C(NC(=O)/C=C\[C@H](C)OC(=O)N2CCOCC2)C[C@@H]1C. The highest BCUT2D eigenvalue weighted by Crippen LogP contribution is 2.46. The number of ether oxygens (including phenoxy) is 5. The Bertz CT molecular complexity index is 1010. The van der Waals surface area contributed by atoms with Crippen molar-refractivity contribution in [3.63, 3.8) is 0 Å². The molecule has 0 bridgehead atoms. The quantitative estimate of drug-likeness (QED) is 0.257. The van der Waals surface area contributed by atoms with Crippen molar-refractivity contribution in [1.82, 2.24) is 10.2 Å². The first-order valence-electron chi connectivity index (χ1n) is 14.9. The number of carbonyl (C=O) groups is 2. The Labute approximate surface area is 244 Å². The van der Waals surface area contributed by atoms with Gasteiger partial charge in [-0.15, -0.1) is 0 Å². The van der Waals surface area contributed by atoms with Crippen LogP contribution in [0.2, 0.25) is 0 Å². The fourth-order valence-corrected chi connectivity index (χ4v) is 5.91. The van der Waals surface area contributed by atoms with Gasteiger partial charge in [0.2, 0.25) is 5.91 Å². The second kappa shape index (κ2) is 13.4. The van der Waals surface area contributed by atoms with E-state index in [9.17, 15) is 14.7 Å². The van der Waals surface area contributed by atoms with Crippen LogP contribution in [0.5, 0.6) is 0 Å². The van der Waals surface area contributed by atoms with Crippen molar-refractivity contribution < 1.29 is 38.4 Å². The van der Waals surface area contributed by atoms with Crippen LogP contribution in [0, 0.1) is 5.92 Å². The van der Waals surface area contributed by atoms with Crippen molar-refractivity contribution in [2.24, 2.45) is 5.92 Å². The summed E-state index contributed by atoms with van der Waals surface area (Å²) in [5.74, 6) is 0.0120. The summed E-state index contributed by atoms with van der Waals surface area (Å²) in [6, 6.07) is -0.111. The Kier molecular flexibility index (Phi) is 10.3. The van der Waals surface area contributed by atoms with Crippen LogP contribution in [0.4, 0.5) is 4.79 Å². The van der Waals surface area contributed by atoms with Gasteiger partial charge in [-0.25, -0.2) is 4.79 Å². The van der Waals surface area contributed by atoms with Crippen LogP contribution in [0.3, 0.4) is 0 Å². The van der Waals surface area contributed by atoms with Gasteiger partial charge in [-0.05, 0) is 59.5 Å². The third kappa shape index (κ3) is 8.64. The lowest BCUT2D eigenvalue weighted by molar-refractivity contribution is -0.171. The monoisotopic (exact) mass is 576 g/mol. The Balaban J connectivity index is 1.21. The van der Waals surface area contributed by atoms with Gasteiger partial charge in [0.1, 0.15) is 23.9 Å². The number of nitrogens with one attached hydrogen (secondary N) is 1. The van der Waals surface area contributed by atoms with Gasteiger partial charge in [0.25, 0.3) is 0 Å². The molecular formula is C31H48N2O8. The number of carbonyl (C=O) groups excluding carboxylic acids is 2. The predicted molar refractivity (Wildman–Crippen MR) is 153 cm³/mol. The molecule has 2 N–H and O–H groups in total. The number of morpholine rings is 1. The number of aliphatic hydroxyl groups excluding tert-OH is 1. The minimum Gasteiger partial charge on any atom is -0.442 e. The third-order valence-corrected chi connectivity index (χ3v) is 8.39. The molecule has 0 radical (unpaired) electrons. The average molecular weight is 577 g/mol. The fraction of sp³-hybridized carbons (Fsp3) is 0.742. The largest absolute Gasteiger partial charge is 0.442 e. The van der Waals surface area contributed by atoms with Crippen LogP contribution < -0.4 is 5.32 Å². The van der Waals surface area contributed by atoms with Crippen LogP contribution in [0.15, 0.2) is 36.0 Å². The van der Waals surface area contributed by atoms with Crippen molar-refractivity contribution in [3.8, 4) is 0 Å². The molecule has 0 aromatic heterocycles. The summed E-state index contributed by atoms with van der Waals surface area (Å²) in [4.78, 5) is 26.4. The van der Waals surface area contributed by atoms with E-state index in [1.807, 2.05) is 39.8 Å². The van der Waals surface area contributed by atoms with E-state index in [2.05, 4.69) is 18.3 Å². The Morgan fingerprint density at radius 2 is 1.90 bits per heavy atom. The van der Waals surface area contributed by atoms with Crippen molar-refractivity contribution >= 4 is 12.0 Å². The minimum absolute atomic E-state index is 0.0373. The van der Waals surface area contributed by atoms with E-state index in [-0.39, 0.29) is 35.7 Å². The number of allylic oxidation sites excluding steroid dienone is 2. The maximum atomic E-state index is 12.6. The van der Waals surface area contributed by atoms with E-state index < -0.39 is 30.0 Å². The molecule has 10 nitrogen and oxygen atoms in total. The minimum atomic E-state index is -0.669. The van der Waals surface area contributed by atoms with Crippen LogP contribution in [0.1, 0.15) is 60.8 Å². The van der Waals surface area contributed by atoms with E-state index in [4.69, 9.17) is 23.7 Å². The molecule has 0 aromatic rings. The van der Waals surface area contributed by atoms with E-state index in [1.54, 1.807) is 17.9 Å². The first-order valence-corrected chi connectivity index (χ1v) is 14.9. The zero-order valence-corrected chi connectivity index (χ0v) is 25.3. The van der Waals surface area contributed by atoms with Gasteiger partial charge in [0, 0.05) is 25.6 Å². The summed E-state index contributed by atoms with van der Waals surface area (Å²) >= 11 is 0. The number of rotatable bonds is 8. The summed E-state index contributed by atoms with van der Waals surface area (Å²) in [6.07, 6.45) is 9.22. The van der Waals surface area contributed by atoms with E-state index in [0.717, 1.165) is 18.4 Å². The number of hydrogen-bond donors (Lipinski definition) is 2. The zero-order chi connectivity index (χ0) is 29.8. The van der Waals surface area contributed by atoms with Crippen molar-refractivity contribution in [1.29, 1.82) is 0 Å². The van der Waals surface area contributed by atoms with Crippen LogP contribution in [-0.2, 0) is 28.5 Å². The number of nitrogens with zero attached hydrogens (tertiary/aromatic N) is 1. The first-order chi connectivity index (χ1) is 19.4. The van der Waals surface area contributed by atoms with Gasteiger partial charge in [0.05, 0.1) is 43.7 Å². The summed E-state index contributed by atoms with van der Waals surface area (Å²) in [6.45, 7) is 14.6. The molecule has 4 saturated heterocycles. The molecule has 4 aliphatic heterocycles. The van der Waals surface area contributed by atoms with Gasteiger partial charge >= 0.3 is 6.09 Å². The molecule has 10 heteroatoms. The molecule has 4 rings (SSSR count). The van der Waals surface area contributed by atoms with E-state index >= 15 is 0 Å². The molecule has 4 fully saturated rings. The predicted octanol–water partition coefficient (Wildman–Crippen LogP) is 3.29. The molecule has 4 aliphatic rings. The molecule has 0 saturated carbocycles. The normalized spacial score (nSPS) is 36.5. The van der Waals surface area contributed by atoms with Crippen LogP contribution >= 0.6 is 0 Å². The summed E-state index contributed by atoms with van der Waals surface area (Å²) in [5, 5.41) is 13.8. The number of amides is 2. The fourth-order valence-electron chi connectivity index (χ4n) is 5.91. The molecule has 4 heterocycles. The molecule has 1 spiro atoms. The highest BCUT2D eigenvalue weighted by Gasteiger charge is 2.60. The Morgan fingerprint density at radius 3 is 2.59 bits per heavy atom. The number of aliphatic hydroxyl groups is 1. The zero-order valence-electron chi connectivity index (χ0n) is 25.3. The van der Waals surface area contributed by atoms with Crippen LogP contribution in [0.25, 0.3) is 0 Å². The molecular weight excluding hydrogens is 528 g/mol. The standard InChI is InChI=1S/C31H48N2O8/c1-20(8-11-26-28(35)31(19-38-31)18-30(5,6)41-26)7-10-25-21(2)17-24(23(4)40-25)32-27(34)12-9-22(3)39-29(36)33-13-15-37-16-14-33/h7-9,11-12,21-26,28,35H,10,13-19H2,1-6H3,(H,32,34)/b11-8+,12-9-,20-7+/t21-,22-,23+,24?,25-,26+,28+,31+/m0/s1. The maximum Gasteiger partial charge on any atom is 0.410 e. The van der Waals surface area contributed by atoms with Crippen molar-refractivity contribution in [3.05, 3.63) is 36.0 Å². The molecule has 1 unspecified atom stereocenters. The second-order valence-electron chi connectivity index (χ2n) is 12.6. The van der Waals surface area contributed by atoms with Gasteiger partial charge in [-0.1, -0.05) is 30.7 Å². The highest BCUT2D eigenvalue weighted by molar-refractivity contribution is 5.87. The lowest BCUT2D eigenvalue weighted by Crippen LogP contribution is -2.53. The van der Waals surface area contributed by atoms with Crippen molar-refractivity contribution in [2.75, 3.05) is 32.9 Å². The molecule has 8 atom stereocenters. The lowest BCUT2D eigenvalue weighted by atomic mass is 9.83. The summed E-state index contributed by atoms with van der Waals surface area (Å²) < 4.78 is 28.7. The summed E-state index contributed by atoms with van der Waals surface area (Å²) in [7, 11) is 0. The molecule has 41 heavy (non-hydrogen) atoms. The van der Waals surface area contributed by atoms with E-state index in [0.29, 0.717) is 39.3 Å². The Hall–Kier alpha value is -2.24. The number of hydrogen-bond acceptors (Lipinski definition) is 8. The smallest absolute Gasteiger partial charge is 0.410 e. The molecule has 230 valence electrons. The Morgan fingerprint density at radius 1 is 1.20 bits per heavy atom. The van der Waals surface area contributed by atoms with Gasteiger partial charge in [0.15, 0.2) is 0 Å². The number of epoxide rings is 1. The molecule has 0 aliphatic carbocycles. The molecule has 0 aromatic carbocycles. The lowest BCUT2D eigenvalue weighted by Gasteiger charge is -2.41. The third-order valence-electron chi connectivity index (χ3n) is 8.39. The maximum absolute atomic E-state index is 12.6. The molecule has 2 amide bonds. The van der Waals surface area contributed by atoms with E-state index in [1.165, 1.54) is 6.08 Å². The van der Waals surface area contributed by atoms with Gasteiger partial charge < -0.3 is 39.0 Å². The average Bonchev–Trinajstić information content (AvgIpc) is 3.69. The van der Waals surface area contributed by atoms with Crippen LogP contribution in [-0.4, -0.2) is 103 Å². The van der Waals surface area contributed by atoms with Gasteiger partial charge in [-0.2, -0.15) is 0 Å². The first kappa shape index (κ1) is 31.7. The highest BCUT2D eigenvalue weighted by atomic mass is 16.6. The van der Waals surface area contributed by atoms with Crippen molar-refractivity contribution in [2.45, 2.75) is 109 Å². The topological polar surface area (TPSA) is 119 Å².